The maximum Gasteiger partial charge on any atom is 1.00 e. The fourth-order valence-electron chi connectivity index (χ4n) is 1.36. The molecule has 0 aromatic rings. The van der Waals surface area contributed by atoms with E-state index in [1.807, 2.05) is 0 Å². The van der Waals surface area contributed by atoms with Crippen LogP contribution in [0.1, 0.15) is 39.5 Å². The number of rotatable bonds is 10. The zero-order chi connectivity index (χ0) is 12.4. The molecular weight excluding hydrogens is 270 g/mol. The first-order valence-corrected chi connectivity index (χ1v) is 7.25. The van der Waals surface area contributed by atoms with Crippen LogP contribution < -0.4 is 56.3 Å². The zero-order valence-electron chi connectivity index (χ0n) is 11.1. The zero-order valence-corrected chi connectivity index (χ0v) is 15.1. The molecule has 98 valence electrons. The van der Waals surface area contributed by atoms with Gasteiger partial charge in [0.2, 0.25) is 0 Å². The van der Waals surface area contributed by atoms with Gasteiger partial charge in [-0.1, -0.05) is 33.1 Å². The van der Waals surface area contributed by atoms with E-state index in [2.05, 4.69) is 18.4 Å². The molecule has 17 heavy (non-hydrogen) atoms. The van der Waals surface area contributed by atoms with Gasteiger partial charge in [0, 0.05) is 6.61 Å². The number of hydrogen-bond donors (Lipinski definition) is 1. The summed E-state index contributed by atoms with van der Waals surface area (Å²) in [5.74, 6) is 0.521. The Hall–Kier alpha value is 1.71. The normalized spacial score (nSPS) is 16.0. The number of hydrogen-bond acceptors (Lipinski definition) is 4. The summed E-state index contributed by atoms with van der Waals surface area (Å²) < 4.78 is 19.7. The van der Waals surface area contributed by atoms with Gasteiger partial charge >= 0.3 is 51.4 Å². The number of phosphoric ester groups is 1. The standard InChI is InChI=1S/C10H23O5P.K/c1-3-5-6-10(4-2)9-14-7-8-15-16(11,12)13;/h10H,3-9H2,1-2H3,(H2,11,12,13);/q;+1/p-1. The molecule has 7 heteroatoms. The van der Waals surface area contributed by atoms with Gasteiger partial charge in [-0.3, -0.25) is 4.57 Å². The van der Waals surface area contributed by atoms with E-state index in [9.17, 15) is 9.46 Å². The largest absolute Gasteiger partial charge is 1.00 e. The van der Waals surface area contributed by atoms with Crippen LogP contribution in [-0.4, -0.2) is 24.7 Å². The Morgan fingerprint density at radius 3 is 2.47 bits per heavy atom. The molecule has 0 aromatic carbocycles. The molecule has 1 N–H and O–H groups in total. The van der Waals surface area contributed by atoms with Gasteiger partial charge in [-0.15, -0.1) is 0 Å². The van der Waals surface area contributed by atoms with E-state index < -0.39 is 7.82 Å². The van der Waals surface area contributed by atoms with Crippen LogP contribution in [0.4, 0.5) is 0 Å². The summed E-state index contributed by atoms with van der Waals surface area (Å²) in [6, 6.07) is 0. The maximum absolute atomic E-state index is 10.2. The Morgan fingerprint density at radius 2 is 2.00 bits per heavy atom. The smallest absolute Gasteiger partial charge is 0.756 e. The monoisotopic (exact) mass is 292 g/mol. The fourth-order valence-corrected chi connectivity index (χ4v) is 1.66. The second-order valence-corrected chi connectivity index (χ2v) is 4.99. The minimum atomic E-state index is -4.58. The van der Waals surface area contributed by atoms with Crippen LogP contribution in [0, 0.1) is 5.92 Å². The third-order valence-corrected chi connectivity index (χ3v) is 2.89. The summed E-state index contributed by atoms with van der Waals surface area (Å²) in [5.41, 5.74) is 0. The summed E-state index contributed by atoms with van der Waals surface area (Å²) in [6.07, 6.45) is 4.54. The Balaban J connectivity index is 0. The second kappa shape index (κ2) is 12.7. The molecule has 0 fully saturated rings. The third kappa shape index (κ3) is 15.7. The number of ether oxygens (including phenoxy) is 1. The van der Waals surface area contributed by atoms with Gasteiger partial charge in [0.15, 0.2) is 0 Å². The van der Waals surface area contributed by atoms with Crippen molar-refractivity contribution in [2.45, 2.75) is 39.5 Å². The van der Waals surface area contributed by atoms with Gasteiger partial charge in [-0.25, -0.2) is 0 Å². The molecule has 0 aromatic heterocycles. The van der Waals surface area contributed by atoms with Crippen molar-refractivity contribution in [3.05, 3.63) is 0 Å². The topological polar surface area (TPSA) is 78.8 Å². The summed E-state index contributed by atoms with van der Waals surface area (Å²) in [4.78, 5) is 18.5. The molecule has 0 saturated heterocycles. The molecule has 5 nitrogen and oxygen atoms in total. The molecule has 2 atom stereocenters. The van der Waals surface area contributed by atoms with E-state index in [1.54, 1.807) is 0 Å². The van der Waals surface area contributed by atoms with Crippen molar-refractivity contribution in [1.82, 2.24) is 0 Å². The second-order valence-electron chi connectivity index (χ2n) is 3.79. The van der Waals surface area contributed by atoms with E-state index in [0.29, 0.717) is 12.5 Å². The molecule has 0 aliphatic heterocycles. The van der Waals surface area contributed by atoms with Crippen molar-refractivity contribution in [1.29, 1.82) is 0 Å². The first-order valence-electron chi connectivity index (χ1n) is 5.75. The molecule has 0 spiro atoms. The minimum absolute atomic E-state index is 0. The molecule has 0 aliphatic rings. The molecule has 0 bridgehead atoms. The van der Waals surface area contributed by atoms with E-state index in [-0.39, 0.29) is 64.6 Å². The van der Waals surface area contributed by atoms with Gasteiger partial charge in [-0.2, -0.15) is 0 Å². The van der Waals surface area contributed by atoms with Crippen LogP contribution in [0.3, 0.4) is 0 Å². The average Bonchev–Trinajstić information content (AvgIpc) is 2.20. The predicted molar refractivity (Wildman–Crippen MR) is 59.9 cm³/mol. The van der Waals surface area contributed by atoms with Crippen LogP contribution in [0.15, 0.2) is 0 Å². The summed E-state index contributed by atoms with van der Waals surface area (Å²) >= 11 is 0. The molecule has 2 unspecified atom stereocenters. The van der Waals surface area contributed by atoms with Crippen molar-refractivity contribution >= 4 is 7.82 Å². The predicted octanol–water partition coefficient (Wildman–Crippen LogP) is -1.30. The van der Waals surface area contributed by atoms with E-state index in [0.717, 1.165) is 12.8 Å². The number of unbranched alkanes of at least 4 members (excludes halogenated alkanes) is 1. The van der Waals surface area contributed by atoms with E-state index in [4.69, 9.17) is 9.63 Å². The van der Waals surface area contributed by atoms with Crippen LogP contribution in [-0.2, 0) is 13.8 Å². The Morgan fingerprint density at radius 1 is 1.35 bits per heavy atom. The van der Waals surface area contributed by atoms with Crippen molar-refractivity contribution in [3.63, 3.8) is 0 Å². The molecule has 0 aliphatic carbocycles. The molecule has 0 heterocycles. The van der Waals surface area contributed by atoms with Crippen molar-refractivity contribution < 1.29 is 75.0 Å². The van der Waals surface area contributed by atoms with Gasteiger partial charge in [-0.05, 0) is 12.3 Å². The van der Waals surface area contributed by atoms with Gasteiger partial charge in [0.25, 0.3) is 7.82 Å². The van der Waals surface area contributed by atoms with Crippen molar-refractivity contribution in [2.75, 3.05) is 19.8 Å². The van der Waals surface area contributed by atoms with Crippen LogP contribution in [0.2, 0.25) is 0 Å². The molecule has 0 amide bonds. The van der Waals surface area contributed by atoms with E-state index >= 15 is 0 Å². The van der Waals surface area contributed by atoms with Crippen LogP contribution >= 0.6 is 7.82 Å². The first kappa shape index (κ1) is 21.0. The summed E-state index contributed by atoms with van der Waals surface area (Å²) in [7, 11) is -4.58. The van der Waals surface area contributed by atoms with Crippen LogP contribution in [0.25, 0.3) is 0 Å². The number of phosphoric acid groups is 1. The van der Waals surface area contributed by atoms with Crippen molar-refractivity contribution in [2.24, 2.45) is 5.92 Å². The summed E-state index contributed by atoms with van der Waals surface area (Å²) in [6.45, 7) is 4.94. The minimum Gasteiger partial charge on any atom is -0.756 e. The Kier molecular flexibility index (Phi) is 15.7. The Labute approximate surface area is 146 Å². The quantitative estimate of drug-likeness (QED) is 0.308. The first-order chi connectivity index (χ1) is 7.49. The SMILES string of the molecule is CCCCC(CC)COCCOP(=O)([O-])O.[K+]. The van der Waals surface area contributed by atoms with E-state index in [1.165, 1.54) is 12.8 Å². The molecule has 0 radical (unpaired) electrons. The Bertz CT molecular complexity index is 209. The van der Waals surface area contributed by atoms with Gasteiger partial charge in [0.05, 0.1) is 13.2 Å². The summed E-state index contributed by atoms with van der Waals surface area (Å²) in [5, 5.41) is 0. The average molecular weight is 292 g/mol. The van der Waals surface area contributed by atoms with Crippen molar-refractivity contribution in [3.8, 4) is 0 Å². The molecule has 0 rings (SSSR count). The molecule has 0 saturated carbocycles. The fraction of sp³-hybridized carbons (Fsp3) is 1.00. The maximum atomic E-state index is 10.2. The third-order valence-electron chi connectivity index (χ3n) is 2.38. The van der Waals surface area contributed by atoms with Gasteiger partial charge in [0.1, 0.15) is 0 Å². The van der Waals surface area contributed by atoms with Gasteiger partial charge < -0.3 is 19.0 Å². The van der Waals surface area contributed by atoms with Crippen LogP contribution in [0.5, 0.6) is 0 Å². The molecular formula is C10H22KO5P.